The monoisotopic (exact) mass is 267 g/mol. The van der Waals surface area contributed by atoms with Crippen LogP contribution in [0.3, 0.4) is 0 Å². The van der Waals surface area contributed by atoms with Gasteiger partial charge < -0.3 is 9.84 Å². The second kappa shape index (κ2) is 7.62. The molecule has 0 aliphatic heterocycles. The Morgan fingerprint density at radius 2 is 2.06 bits per heavy atom. The smallest absolute Gasteiger partial charge is 0.304 e. The predicted octanol–water partition coefficient (Wildman–Crippen LogP) is 0.395. The van der Waals surface area contributed by atoms with Gasteiger partial charge in [-0.1, -0.05) is 6.92 Å². The van der Waals surface area contributed by atoms with Gasteiger partial charge in [-0.15, -0.1) is 0 Å². The molecule has 0 fully saturated rings. The van der Waals surface area contributed by atoms with Gasteiger partial charge in [-0.25, -0.2) is 12.7 Å². The number of carboxylic acid groups (broad SMARTS) is 1. The minimum absolute atomic E-state index is 0.000971. The summed E-state index contributed by atoms with van der Waals surface area (Å²) < 4.78 is 29.8. The fraction of sp³-hybridized carbons (Fsp3) is 0.900. The number of carbonyl (C=O) groups is 1. The molecule has 6 nitrogen and oxygen atoms in total. The lowest BCUT2D eigenvalue weighted by atomic mass is 10.2. The molecule has 1 unspecified atom stereocenters. The van der Waals surface area contributed by atoms with Crippen LogP contribution in [0.15, 0.2) is 0 Å². The molecule has 0 amide bonds. The lowest BCUT2D eigenvalue weighted by Gasteiger charge is -2.19. The van der Waals surface area contributed by atoms with Gasteiger partial charge in [0.2, 0.25) is 10.0 Å². The molecule has 1 atom stereocenters. The van der Waals surface area contributed by atoms with Gasteiger partial charge in [-0.3, -0.25) is 4.79 Å². The quantitative estimate of drug-likeness (QED) is 0.653. The third kappa shape index (κ3) is 7.30. The molecule has 0 aliphatic rings. The first kappa shape index (κ1) is 16.3. The molecule has 0 saturated heterocycles. The van der Waals surface area contributed by atoms with Crippen molar-refractivity contribution in [1.29, 1.82) is 0 Å². The molecule has 0 aromatic heterocycles. The van der Waals surface area contributed by atoms with E-state index in [1.807, 2.05) is 6.92 Å². The van der Waals surface area contributed by atoms with Gasteiger partial charge >= 0.3 is 5.97 Å². The van der Waals surface area contributed by atoms with E-state index in [0.717, 1.165) is 4.31 Å². The van der Waals surface area contributed by atoms with Crippen LogP contribution in [-0.2, 0) is 19.6 Å². The van der Waals surface area contributed by atoms with E-state index in [0.29, 0.717) is 13.2 Å². The standard InChI is InChI=1S/C10H21NO5S/c1-4-16-7-9(2)8-17(14,15)11(3)6-5-10(12)13/h9H,4-8H2,1-3H3,(H,12,13). The zero-order valence-electron chi connectivity index (χ0n) is 10.5. The second-order valence-electron chi connectivity index (χ2n) is 4.01. The van der Waals surface area contributed by atoms with Gasteiger partial charge in [0.15, 0.2) is 0 Å². The summed E-state index contributed by atoms with van der Waals surface area (Å²) in [5.74, 6) is -1.13. The van der Waals surface area contributed by atoms with Crippen LogP contribution in [0.2, 0.25) is 0 Å². The predicted molar refractivity (Wildman–Crippen MR) is 64.3 cm³/mol. The van der Waals surface area contributed by atoms with Crippen molar-refractivity contribution >= 4 is 16.0 Å². The third-order valence-corrected chi connectivity index (χ3v) is 4.34. The summed E-state index contributed by atoms with van der Waals surface area (Å²) in [6.45, 7) is 4.58. The van der Waals surface area contributed by atoms with Crippen molar-refractivity contribution in [2.75, 3.05) is 32.6 Å². The van der Waals surface area contributed by atoms with Crippen molar-refractivity contribution < 1.29 is 23.1 Å². The van der Waals surface area contributed by atoms with E-state index < -0.39 is 16.0 Å². The molecule has 17 heavy (non-hydrogen) atoms. The Morgan fingerprint density at radius 3 is 2.53 bits per heavy atom. The van der Waals surface area contributed by atoms with E-state index in [2.05, 4.69) is 0 Å². The van der Waals surface area contributed by atoms with Crippen molar-refractivity contribution in [2.45, 2.75) is 20.3 Å². The van der Waals surface area contributed by atoms with E-state index in [1.54, 1.807) is 6.92 Å². The highest BCUT2D eigenvalue weighted by molar-refractivity contribution is 7.89. The van der Waals surface area contributed by atoms with Gasteiger partial charge in [0.1, 0.15) is 0 Å². The number of aliphatic carboxylic acids is 1. The fourth-order valence-electron chi connectivity index (χ4n) is 1.25. The van der Waals surface area contributed by atoms with Crippen LogP contribution in [-0.4, -0.2) is 56.4 Å². The maximum absolute atomic E-state index is 11.8. The van der Waals surface area contributed by atoms with Crippen molar-refractivity contribution in [1.82, 2.24) is 4.31 Å². The lowest BCUT2D eigenvalue weighted by molar-refractivity contribution is -0.137. The van der Waals surface area contributed by atoms with Gasteiger partial charge in [-0.2, -0.15) is 0 Å². The van der Waals surface area contributed by atoms with Crippen LogP contribution in [0.1, 0.15) is 20.3 Å². The first-order valence-electron chi connectivity index (χ1n) is 5.53. The fourth-order valence-corrected chi connectivity index (χ4v) is 2.69. The number of nitrogens with zero attached hydrogens (tertiary/aromatic N) is 1. The number of sulfonamides is 1. The summed E-state index contributed by atoms with van der Waals surface area (Å²) in [7, 11) is -2.00. The minimum Gasteiger partial charge on any atom is -0.481 e. The second-order valence-corrected chi connectivity index (χ2v) is 6.13. The van der Waals surface area contributed by atoms with Gasteiger partial charge in [0.05, 0.1) is 18.8 Å². The molecule has 0 saturated carbocycles. The SMILES string of the molecule is CCOCC(C)CS(=O)(=O)N(C)CCC(=O)O. The van der Waals surface area contributed by atoms with E-state index in [-0.39, 0.29) is 24.6 Å². The summed E-state index contributed by atoms with van der Waals surface area (Å²) in [6.07, 6.45) is -0.185. The first-order valence-corrected chi connectivity index (χ1v) is 7.14. The Balaban J connectivity index is 4.21. The van der Waals surface area contributed by atoms with Gasteiger partial charge in [0, 0.05) is 20.2 Å². The Labute approximate surface area is 103 Å². The highest BCUT2D eigenvalue weighted by atomic mass is 32.2. The molecule has 0 spiro atoms. The number of hydrogen-bond donors (Lipinski definition) is 1. The Bertz CT molecular complexity index is 328. The van der Waals surface area contributed by atoms with Crippen LogP contribution in [0.4, 0.5) is 0 Å². The van der Waals surface area contributed by atoms with Crippen molar-refractivity contribution in [3.05, 3.63) is 0 Å². The van der Waals surface area contributed by atoms with Crippen molar-refractivity contribution in [2.24, 2.45) is 5.92 Å². The molecule has 0 rings (SSSR count). The molecule has 0 bridgehead atoms. The maximum atomic E-state index is 11.8. The molecule has 7 heteroatoms. The first-order chi connectivity index (χ1) is 7.79. The molecular formula is C10H21NO5S. The normalized spacial score (nSPS) is 13.9. The summed E-state index contributed by atoms with van der Waals surface area (Å²) in [6, 6.07) is 0. The maximum Gasteiger partial charge on any atom is 0.304 e. The molecule has 0 aliphatic carbocycles. The van der Waals surface area contributed by atoms with E-state index in [9.17, 15) is 13.2 Å². The highest BCUT2D eigenvalue weighted by Crippen LogP contribution is 2.07. The number of ether oxygens (including phenoxy) is 1. The molecule has 102 valence electrons. The third-order valence-electron chi connectivity index (χ3n) is 2.22. The van der Waals surface area contributed by atoms with Crippen LogP contribution >= 0.6 is 0 Å². The van der Waals surface area contributed by atoms with E-state index >= 15 is 0 Å². The Morgan fingerprint density at radius 1 is 1.47 bits per heavy atom. The zero-order valence-corrected chi connectivity index (χ0v) is 11.4. The Kier molecular flexibility index (Phi) is 7.33. The van der Waals surface area contributed by atoms with Crippen LogP contribution in [0.5, 0.6) is 0 Å². The summed E-state index contributed by atoms with van der Waals surface area (Å²) >= 11 is 0. The zero-order chi connectivity index (χ0) is 13.5. The van der Waals surface area contributed by atoms with E-state index in [4.69, 9.17) is 9.84 Å². The van der Waals surface area contributed by atoms with Crippen LogP contribution in [0.25, 0.3) is 0 Å². The van der Waals surface area contributed by atoms with Crippen LogP contribution < -0.4 is 0 Å². The largest absolute Gasteiger partial charge is 0.481 e. The summed E-state index contributed by atoms with van der Waals surface area (Å²) in [5.41, 5.74) is 0. The highest BCUT2D eigenvalue weighted by Gasteiger charge is 2.21. The average molecular weight is 267 g/mol. The number of rotatable bonds is 9. The lowest BCUT2D eigenvalue weighted by Crippen LogP contribution is -2.34. The van der Waals surface area contributed by atoms with Crippen molar-refractivity contribution in [3.63, 3.8) is 0 Å². The summed E-state index contributed by atoms with van der Waals surface area (Å²) in [5, 5.41) is 8.48. The molecular weight excluding hydrogens is 246 g/mol. The van der Waals surface area contributed by atoms with Crippen molar-refractivity contribution in [3.8, 4) is 0 Å². The number of hydrogen-bond acceptors (Lipinski definition) is 4. The van der Waals surface area contributed by atoms with Gasteiger partial charge in [-0.05, 0) is 12.8 Å². The van der Waals surface area contributed by atoms with E-state index in [1.165, 1.54) is 7.05 Å². The van der Waals surface area contributed by atoms with Crippen LogP contribution in [0, 0.1) is 5.92 Å². The minimum atomic E-state index is -3.40. The molecule has 0 radical (unpaired) electrons. The number of carboxylic acids is 1. The Hall–Kier alpha value is -0.660. The summed E-state index contributed by atoms with van der Waals surface area (Å²) in [4.78, 5) is 10.4. The topological polar surface area (TPSA) is 83.9 Å². The van der Waals surface area contributed by atoms with Gasteiger partial charge in [0.25, 0.3) is 0 Å². The molecule has 1 N–H and O–H groups in total. The molecule has 0 heterocycles. The molecule has 0 aromatic carbocycles. The average Bonchev–Trinajstić information content (AvgIpc) is 2.22. The molecule has 0 aromatic rings.